The molecule has 7 heteroatoms. The molecule has 0 aliphatic carbocycles. The first kappa shape index (κ1) is 20.4. The van der Waals surface area contributed by atoms with Crippen molar-refractivity contribution < 1.29 is 18.7 Å². The van der Waals surface area contributed by atoms with Crippen LogP contribution in [0.5, 0.6) is 5.75 Å². The fraction of sp³-hybridized carbons (Fsp3) is 0.238. The third-order valence-electron chi connectivity index (χ3n) is 4.03. The van der Waals surface area contributed by atoms with E-state index in [0.29, 0.717) is 33.7 Å². The summed E-state index contributed by atoms with van der Waals surface area (Å²) in [6, 6.07) is 11.7. The van der Waals surface area contributed by atoms with Crippen molar-refractivity contribution >= 4 is 40.2 Å². The van der Waals surface area contributed by atoms with Gasteiger partial charge in [-0.05, 0) is 36.2 Å². The number of aromatic nitrogens is 1. The number of benzene rings is 2. The summed E-state index contributed by atoms with van der Waals surface area (Å²) in [6.45, 7) is 2.46. The van der Waals surface area contributed by atoms with Crippen LogP contribution in [0.25, 0.3) is 10.9 Å². The van der Waals surface area contributed by atoms with Crippen LogP contribution in [0.15, 0.2) is 47.5 Å². The molecule has 28 heavy (non-hydrogen) atoms. The van der Waals surface area contributed by atoms with E-state index in [-0.39, 0.29) is 5.56 Å². The highest BCUT2D eigenvalue weighted by atomic mass is 35.5. The van der Waals surface area contributed by atoms with Gasteiger partial charge in [0, 0.05) is 16.2 Å². The summed E-state index contributed by atoms with van der Waals surface area (Å²) < 4.78 is 24.2. The maximum absolute atomic E-state index is 13.3. The smallest absolute Gasteiger partial charge is 0.344 e. The summed E-state index contributed by atoms with van der Waals surface area (Å²) in [4.78, 5) is 17.2. The number of hydrogen-bond acceptors (Lipinski definition) is 5. The van der Waals surface area contributed by atoms with Crippen LogP contribution in [0.3, 0.4) is 0 Å². The van der Waals surface area contributed by atoms with Gasteiger partial charge in [-0.2, -0.15) is 0 Å². The number of carbonyl (C=O) groups excluding carboxylic acids is 1. The Kier molecular flexibility index (Phi) is 6.75. The molecule has 1 aromatic heterocycles. The van der Waals surface area contributed by atoms with Gasteiger partial charge in [0.2, 0.25) is 0 Å². The Bertz CT molecular complexity index is 1010. The maximum Gasteiger partial charge on any atom is 0.344 e. The van der Waals surface area contributed by atoms with Crippen molar-refractivity contribution in [2.75, 3.05) is 13.7 Å². The standard InChI is InChI=1S/C21H19ClFNO3S/c1-3-10-27-19-15-6-4-5-7-17(15)24-20(18(19)21(25)26-2)28-12-13-8-9-14(23)11-16(13)22/h4-9,11H,3,10,12H2,1-2H3. The molecule has 0 radical (unpaired) electrons. The Morgan fingerprint density at radius 3 is 2.75 bits per heavy atom. The first-order valence-corrected chi connectivity index (χ1v) is 10.1. The molecule has 0 aliphatic rings. The largest absolute Gasteiger partial charge is 0.492 e. The minimum atomic E-state index is -0.517. The van der Waals surface area contributed by atoms with Crippen molar-refractivity contribution in [1.29, 1.82) is 0 Å². The second-order valence-corrected chi connectivity index (χ2v) is 7.37. The van der Waals surface area contributed by atoms with Gasteiger partial charge in [-0.3, -0.25) is 0 Å². The molecular formula is C21H19ClFNO3S. The number of ether oxygens (including phenoxy) is 2. The number of carbonyl (C=O) groups is 1. The Labute approximate surface area is 172 Å². The molecule has 0 N–H and O–H groups in total. The number of rotatable bonds is 7. The molecule has 0 amide bonds. The zero-order valence-corrected chi connectivity index (χ0v) is 17.1. The number of para-hydroxylation sites is 1. The molecule has 3 rings (SSSR count). The monoisotopic (exact) mass is 419 g/mol. The molecular weight excluding hydrogens is 401 g/mol. The lowest BCUT2D eigenvalue weighted by Gasteiger charge is -2.16. The predicted molar refractivity (Wildman–Crippen MR) is 110 cm³/mol. The third-order valence-corrected chi connectivity index (χ3v) is 5.41. The van der Waals surface area contributed by atoms with Crippen molar-refractivity contribution in [2.24, 2.45) is 0 Å². The highest BCUT2D eigenvalue weighted by Crippen LogP contribution is 2.37. The Hall–Kier alpha value is -2.31. The lowest BCUT2D eigenvalue weighted by atomic mass is 10.1. The third kappa shape index (κ3) is 4.39. The van der Waals surface area contributed by atoms with Gasteiger partial charge in [0.25, 0.3) is 0 Å². The average molecular weight is 420 g/mol. The van der Waals surface area contributed by atoms with E-state index in [2.05, 4.69) is 4.98 Å². The molecule has 0 fully saturated rings. The fourth-order valence-corrected chi connectivity index (χ4v) is 4.03. The molecule has 2 aromatic carbocycles. The zero-order valence-electron chi connectivity index (χ0n) is 15.5. The molecule has 0 aliphatic heterocycles. The van der Waals surface area contributed by atoms with Crippen LogP contribution in [-0.2, 0) is 10.5 Å². The fourth-order valence-electron chi connectivity index (χ4n) is 2.69. The van der Waals surface area contributed by atoms with E-state index in [1.165, 1.54) is 31.0 Å². The van der Waals surface area contributed by atoms with E-state index in [1.54, 1.807) is 6.07 Å². The lowest BCUT2D eigenvalue weighted by Crippen LogP contribution is -2.10. The number of pyridine rings is 1. The maximum atomic E-state index is 13.3. The van der Waals surface area contributed by atoms with E-state index < -0.39 is 11.8 Å². The van der Waals surface area contributed by atoms with Crippen molar-refractivity contribution in [3.8, 4) is 5.75 Å². The van der Waals surface area contributed by atoms with Gasteiger partial charge in [0.15, 0.2) is 0 Å². The summed E-state index contributed by atoms with van der Waals surface area (Å²) in [6.07, 6.45) is 0.797. The molecule has 0 saturated heterocycles. The van der Waals surface area contributed by atoms with E-state index >= 15 is 0 Å². The van der Waals surface area contributed by atoms with Gasteiger partial charge in [-0.15, -0.1) is 11.8 Å². The van der Waals surface area contributed by atoms with E-state index in [9.17, 15) is 9.18 Å². The van der Waals surface area contributed by atoms with Crippen LogP contribution in [0.1, 0.15) is 29.3 Å². The van der Waals surface area contributed by atoms with Crippen molar-refractivity contribution in [2.45, 2.75) is 24.1 Å². The Morgan fingerprint density at radius 2 is 2.04 bits per heavy atom. The van der Waals surface area contributed by atoms with Crippen molar-refractivity contribution in [3.05, 3.63) is 64.4 Å². The van der Waals surface area contributed by atoms with Crippen molar-refractivity contribution in [3.63, 3.8) is 0 Å². The molecule has 3 aromatic rings. The van der Waals surface area contributed by atoms with Gasteiger partial charge < -0.3 is 9.47 Å². The lowest BCUT2D eigenvalue weighted by molar-refractivity contribution is 0.0591. The molecule has 146 valence electrons. The van der Waals surface area contributed by atoms with Crippen LogP contribution < -0.4 is 4.74 Å². The summed E-state index contributed by atoms with van der Waals surface area (Å²) in [5.74, 6) is -0.0288. The molecule has 0 unspecified atom stereocenters. The van der Waals surface area contributed by atoms with Gasteiger partial charge in [0.1, 0.15) is 22.2 Å². The minimum absolute atomic E-state index is 0.290. The van der Waals surface area contributed by atoms with Gasteiger partial charge in [0.05, 0.1) is 19.2 Å². The van der Waals surface area contributed by atoms with Gasteiger partial charge in [-0.25, -0.2) is 14.2 Å². The second-order valence-electron chi connectivity index (χ2n) is 6.00. The molecule has 0 atom stereocenters. The minimum Gasteiger partial charge on any atom is -0.492 e. The first-order valence-electron chi connectivity index (χ1n) is 8.75. The number of hydrogen-bond donors (Lipinski definition) is 0. The summed E-state index contributed by atoms with van der Waals surface area (Å²) >= 11 is 7.46. The Morgan fingerprint density at radius 1 is 1.25 bits per heavy atom. The van der Waals surface area contributed by atoms with Gasteiger partial charge >= 0.3 is 5.97 Å². The SMILES string of the molecule is CCCOc1c(C(=O)OC)c(SCc2ccc(F)cc2Cl)nc2ccccc12. The molecule has 0 bridgehead atoms. The highest BCUT2D eigenvalue weighted by Gasteiger charge is 2.24. The topological polar surface area (TPSA) is 48.4 Å². The van der Waals surface area contributed by atoms with E-state index in [1.807, 2.05) is 31.2 Å². The van der Waals surface area contributed by atoms with Crippen LogP contribution in [0.4, 0.5) is 4.39 Å². The van der Waals surface area contributed by atoms with Gasteiger partial charge in [-0.1, -0.05) is 36.7 Å². The van der Waals surface area contributed by atoms with Crippen LogP contribution in [0.2, 0.25) is 5.02 Å². The number of halogens is 2. The first-order chi connectivity index (χ1) is 13.5. The quantitative estimate of drug-likeness (QED) is 0.352. The number of methoxy groups -OCH3 is 1. The normalized spacial score (nSPS) is 10.9. The van der Waals surface area contributed by atoms with E-state index in [4.69, 9.17) is 21.1 Å². The molecule has 4 nitrogen and oxygen atoms in total. The number of esters is 1. The average Bonchev–Trinajstić information content (AvgIpc) is 2.70. The van der Waals surface area contributed by atoms with Crippen LogP contribution >= 0.6 is 23.4 Å². The predicted octanol–water partition coefficient (Wildman–Crippen LogP) is 5.90. The second kappa shape index (κ2) is 9.26. The Balaban J connectivity index is 2.07. The summed E-state index contributed by atoms with van der Waals surface area (Å²) in [5.41, 5.74) is 1.75. The zero-order chi connectivity index (χ0) is 20.1. The molecule has 0 spiro atoms. The molecule has 0 saturated carbocycles. The highest BCUT2D eigenvalue weighted by molar-refractivity contribution is 7.98. The summed E-state index contributed by atoms with van der Waals surface area (Å²) in [5, 5.41) is 1.56. The molecule has 1 heterocycles. The van der Waals surface area contributed by atoms with E-state index in [0.717, 1.165) is 17.4 Å². The number of thioether (sulfide) groups is 1. The van der Waals surface area contributed by atoms with Crippen LogP contribution in [-0.4, -0.2) is 24.7 Å². The number of fused-ring (bicyclic) bond motifs is 1. The van der Waals surface area contributed by atoms with Crippen molar-refractivity contribution in [1.82, 2.24) is 4.98 Å². The number of nitrogens with zero attached hydrogens (tertiary/aromatic N) is 1. The summed E-state index contributed by atoms with van der Waals surface area (Å²) in [7, 11) is 1.33. The van der Waals surface area contributed by atoms with Crippen LogP contribution in [0, 0.1) is 5.82 Å².